The van der Waals surface area contributed by atoms with Gasteiger partial charge in [-0.15, -0.1) is 0 Å². The molecule has 3 nitrogen and oxygen atoms in total. The summed E-state index contributed by atoms with van der Waals surface area (Å²) in [5.41, 5.74) is 7.14. The third kappa shape index (κ3) is 3.52. The molecule has 0 amide bonds. The first-order valence-corrected chi connectivity index (χ1v) is 8.29. The van der Waals surface area contributed by atoms with E-state index in [1.165, 1.54) is 18.2 Å². The molecule has 106 valence electrons. The van der Waals surface area contributed by atoms with E-state index in [9.17, 15) is 8.42 Å². The van der Waals surface area contributed by atoms with E-state index in [2.05, 4.69) is 0 Å². The fraction of sp³-hybridized carbons (Fsp3) is 0.143. The Bertz CT molecular complexity index is 730. The third-order valence-corrected chi connectivity index (χ3v) is 5.26. The molecule has 0 radical (unpaired) electrons. The highest BCUT2D eigenvalue weighted by Crippen LogP contribution is 2.26. The van der Waals surface area contributed by atoms with Crippen LogP contribution in [0.15, 0.2) is 47.4 Å². The molecule has 0 aliphatic heterocycles. The van der Waals surface area contributed by atoms with Gasteiger partial charge in [0.2, 0.25) is 0 Å². The second kappa shape index (κ2) is 6.14. The Morgan fingerprint density at radius 2 is 1.65 bits per heavy atom. The monoisotopic (exact) mass is 329 g/mol. The largest absolute Gasteiger partial charge is 0.326 e. The second-order valence-electron chi connectivity index (χ2n) is 4.36. The average molecular weight is 330 g/mol. The average Bonchev–Trinajstić information content (AvgIpc) is 2.41. The van der Waals surface area contributed by atoms with Crippen LogP contribution in [0, 0.1) is 0 Å². The maximum atomic E-state index is 12.3. The Balaban J connectivity index is 2.32. The number of halogens is 2. The summed E-state index contributed by atoms with van der Waals surface area (Å²) in [6.07, 6.45) is 0. The van der Waals surface area contributed by atoms with Gasteiger partial charge in [0.15, 0.2) is 9.84 Å². The molecule has 0 aliphatic rings. The number of hydrogen-bond acceptors (Lipinski definition) is 3. The van der Waals surface area contributed by atoms with E-state index in [0.29, 0.717) is 17.1 Å². The van der Waals surface area contributed by atoms with Crippen molar-refractivity contribution in [3.8, 4) is 0 Å². The summed E-state index contributed by atoms with van der Waals surface area (Å²) >= 11 is 11.6. The van der Waals surface area contributed by atoms with Crippen molar-refractivity contribution < 1.29 is 8.42 Å². The van der Waals surface area contributed by atoms with Gasteiger partial charge in [0.05, 0.1) is 20.7 Å². The maximum Gasteiger partial charge on any atom is 0.182 e. The Morgan fingerprint density at radius 1 is 0.950 bits per heavy atom. The van der Waals surface area contributed by atoms with Crippen LogP contribution in [-0.4, -0.2) is 8.42 Å². The van der Waals surface area contributed by atoms with Crippen LogP contribution in [0.4, 0.5) is 0 Å². The molecule has 0 atom stereocenters. The van der Waals surface area contributed by atoms with Gasteiger partial charge < -0.3 is 5.73 Å². The molecule has 2 N–H and O–H groups in total. The molecule has 0 fully saturated rings. The van der Waals surface area contributed by atoms with Crippen molar-refractivity contribution in [1.82, 2.24) is 0 Å². The van der Waals surface area contributed by atoms with Crippen molar-refractivity contribution in [3.63, 3.8) is 0 Å². The van der Waals surface area contributed by atoms with Gasteiger partial charge in [-0.2, -0.15) is 0 Å². The summed E-state index contributed by atoms with van der Waals surface area (Å²) in [5, 5.41) is 0.555. The zero-order valence-corrected chi connectivity index (χ0v) is 12.8. The minimum Gasteiger partial charge on any atom is -0.326 e. The van der Waals surface area contributed by atoms with Crippen molar-refractivity contribution in [3.05, 3.63) is 63.6 Å². The molecule has 2 rings (SSSR count). The SMILES string of the molecule is NCc1cccc(CS(=O)(=O)c2ccc(Cl)c(Cl)c2)c1. The lowest BCUT2D eigenvalue weighted by Crippen LogP contribution is -2.06. The van der Waals surface area contributed by atoms with Crippen LogP contribution in [0.3, 0.4) is 0 Å². The lowest BCUT2D eigenvalue weighted by Gasteiger charge is -2.07. The first-order chi connectivity index (χ1) is 9.42. The van der Waals surface area contributed by atoms with E-state index < -0.39 is 9.84 Å². The molecule has 2 aromatic carbocycles. The highest BCUT2D eigenvalue weighted by atomic mass is 35.5. The van der Waals surface area contributed by atoms with Gasteiger partial charge in [0, 0.05) is 6.54 Å². The Kier molecular flexibility index (Phi) is 4.70. The van der Waals surface area contributed by atoms with Gasteiger partial charge >= 0.3 is 0 Å². The summed E-state index contributed by atoms with van der Waals surface area (Å²) < 4.78 is 24.7. The van der Waals surface area contributed by atoms with E-state index in [1.54, 1.807) is 18.2 Å². The molecular weight excluding hydrogens is 317 g/mol. The van der Waals surface area contributed by atoms with Gasteiger partial charge in [0.1, 0.15) is 0 Å². The van der Waals surface area contributed by atoms with E-state index in [4.69, 9.17) is 28.9 Å². The molecule has 0 spiro atoms. The van der Waals surface area contributed by atoms with Crippen LogP contribution in [0.25, 0.3) is 0 Å². The molecule has 0 saturated carbocycles. The van der Waals surface area contributed by atoms with Crippen LogP contribution in [0.2, 0.25) is 10.0 Å². The summed E-state index contributed by atoms with van der Waals surface area (Å²) in [4.78, 5) is 0.157. The number of hydrogen-bond donors (Lipinski definition) is 1. The van der Waals surface area contributed by atoms with Crippen molar-refractivity contribution >= 4 is 33.0 Å². The maximum absolute atomic E-state index is 12.3. The van der Waals surface area contributed by atoms with Crippen LogP contribution in [0.5, 0.6) is 0 Å². The lowest BCUT2D eigenvalue weighted by molar-refractivity contribution is 0.595. The zero-order valence-electron chi connectivity index (χ0n) is 10.5. The highest BCUT2D eigenvalue weighted by Gasteiger charge is 2.16. The summed E-state index contributed by atoms with van der Waals surface area (Å²) in [7, 11) is -3.46. The van der Waals surface area contributed by atoms with Crippen LogP contribution in [-0.2, 0) is 22.1 Å². The minimum absolute atomic E-state index is 0.0984. The minimum atomic E-state index is -3.46. The van der Waals surface area contributed by atoms with Gasteiger partial charge in [-0.1, -0.05) is 47.5 Å². The van der Waals surface area contributed by atoms with Crippen molar-refractivity contribution in [2.75, 3.05) is 0 Å². The normalized spacial score (nSPS) is 11.6. The van der Waals surface area contributed by atoms with Gasteiger partial charge in [-0.05, 0) is 29.3 Å². The molecular formula is C14H13Cl2NO2S. The molecule has 0 saturated heterocycles. The van der Waals surface area contributed by atoms with Gasteiger partial charge in [-0.25, -0.2) is 8.42 Å². The first kappa shape index (κ1) is 15.3. The van der Waals surface area contributed by atoms with E-state index in [-0.39, 0.29) is 15.7 Å². The molecule has 0 aliphatic carbocycles. The van der Waals surface area contributed by atoms with Gasteiger partial charge in [0.25, 0.3) is 0 Å². The first-order valence-electron chi connectivity index (χ1n) is 5.88. The Labute approximate surface area is 128 Å². The predicted octanol–water partition coefficient (Wildman–Crippen LogP) is 3.43. The molecule has 0 bridgehead atoms. The fourth-order valence-electron chi connectivity index (χ4n) is 1.82. The van der Waals surface area contributed by atoms with Crippen LogP contribution >= 0.6 is 23.2 Å². The van der Waals surface area contributed by atoms with E-state index >= 15 is 0 Å². The van der Waals surface area contributed by atoms with Crippen molar-refractivity contribution in [2.24, 2.45) is 5.73 Å². The van der Waals surface area contributed by atoms with Gasteiger partial charge in [-0.3, -0.25) is 0 Å². The smallest absolute Gasteiger partial charge is 0.182 e. The molecule has 0 aromatic heterocycles. The highest BCUT2D eigenvalue weighted by molar-refractivity contribution is 7.90. The predicted molar refractivity (Wildman–Crippen MR) is 81.7 cm³/mol. The van der Waals surface area contributed by atoms with Crippen molar-refractivity contribution in [2.45, 2.75) is 17.2 Å². The molecule has 2 aromatic rings. The van der Waals surface area contributed by atoms with Crippen LogP contribution < -0.4 is 5.73 Å². The fourth-order valence-corrected chi connectivity index (χ4v) is 3.54. The number of benzene rings is 2. The molecule has 0 heterocycles. The number of rotatable bonds is 4. The summed E-state index contributed by atoms with van der Waals surface area (Å²) in [5.74, 6) is -0.0984. The van der Waals surface area contributed by atoms with E-state index in [0.717, 1.165) is 5.56 Å². The molecule has 6 heteroatoms. The third-order valence-electron chi connectivity index (χ3n) is 2.83. The summed E-state index contributed by atoms with van der Waals surface area (Å²) in [6, 6.07) is 11.5. The topological polar surface area (TPSA) is 60.2 Å². The summed E-state index contributed by atoms with van der Waals surface area (Å²) in [6.45, 7) is 0.376. The standard InChI is InChI=1S/C14H13Cl2NO2S/c15-13-5-4-12(7-14(13)16)20(18,19)9-11-3-1-2-10(6-11)8-17/h1-7H,8-9,17H2. The number of nitrogens with two attached hydrogens (primary N) is 1. The lowest BCUT2D eigenvalue weighted by atomic mass is 10.1. The quantitative estimate of drug-likeness (QED) is 0.934. The Hall–Kier alpha value is -1.07. The molecule has 0 unspecified atom stereocenters. The zero-order chi connectivity index (χ0) is 14.8. The van der Waals surface area contributed by atoms with Crippen molar-refractivity contribution in [1.29, 1.82) is 0 Å². The van der Waals surface area contributed by atoms with E-state index in [1.807, 2.05) is 6.07 Å². The Morgan fingerprint density at radius 3 is 2.30 bits per heavy atom. The van der Waals surface area contributed by atoms with Crippen LogP contribution in [0.1, 0.15) is 11.1 Å². The number of sulfone groups is 1. The molecule has 20 heavy (non-hydrogen) atoms. The second-order valence-corrected chi connectivity index (χ2v) is 7.16.